The fourth-order valence-corrected chi connectivity index (χ4v) is 1.50. The van der Waals surface area contributed by atoms with E-state index in [4.69, 9.17) is 0 Å². The highest BCUT2D eigenvalue weighted by Crippen LogP contribution is 2.23. The molecule has 0 heterocycles. The number of hydrogen-bond donors (Lipinski definition) is 1. The molecular weight excluding hydrogens is 294 g/mol. The molecule has 0 fully saturated rings. The molecule has 0 aromatic heterocycles. The molecule has 0 radical (unpaired) electrons. The Morgan fingerprint density at radius 2 is 2.00 bits per heavy atom. The summed E-state index contributed by atoms with van der Waals surface area (Å²) >= 11 is 2.89. The van der Waals surface area contributed by atoms with Gasteiger partial charge < -0.3 is 10.2 Å². The number of rotatable bonds is 4. The molecule has 0 aliphatic carbocycles. The van der Waals surface area contributed by atoms with E-state index >= 15 is 0 Å². The van der Waals surface area contributed by atoms with E-state index in [0.717, 1.165) is 12.1 Å². The number of nitrogens with zero attached hydrogens (tertiary/aromatic N) is 1. The average Bonchev–Trinajstić information content (AvgIpc) is 2.25. The number of carbonyl (C=O) groups is 1. The predicted octanol–water partition coefficient (Wildman–Crippen LogP) is 2.62. The minimum absolute atomic E-state index is 0.0530. The van der Waals surface area contributed by atoms with Crippen molar-refractivity contribution < 1.29 is 13.6 Å². The van der Waals surface area contributed by atoms with Crippen LogP contribution in [0.4, 0.5) is 14.5 Å². The van der Waals surface area contributed by atoms with Crippen molar-refractivity contribution >= 4 is 27.5 Å². The minimum atomic E-state index is -0.560. The van der Waals surface area contributed by atoms with E-state index in [1.807, 2.05) is 0 Å². The fourth-order valence-electron chi connectivity index (χ4n) is 1.19. The zero-order valence-corrected chi connectivity index (χ0v) is 11.1. The Morgan fingerprint density at radius 1 is 1.35 bits per heavy atom. The molecular formula is C11H13BrF2N2O. The van der Waals surface area contributed by atoms with E-state index < -0.39 is 11.6 Å². The lowest BCUT2D eigenvalue weighted by Crippen LogP contribution is -2.24. The van der Waals surface area contributed by atoms with Crippen LogP contribution < -0.4 is 5.32 Å². The standard InChI is InChI=1S/C11H13BrF2N2O/c1-16(2)11(17)3-4-15-10-6-8(13)7(12)5-9(10)14/h5-6,15H,3-4H2,1-2H3. The molecule has 0 bridgehead atoms. The highest BCUT2D eigenvalue weighted by molar-refractivity contribution is 9.10. The van der Waals surface area contributed by atoms with Crippen molar-refractivity contribution in [2.45, 2.75) is 6.42 Å². The zero-order chi connectivity index (χ0) is 13.0. The highest BCUT2D eigenvalue weighted by Gasteiger charge is 2.09. The third kappa shape index (κ3) is 3.96. The van der Waals surface area contributed by atoms with Crippen molar-refractivity contribution in [3.05, 3.63) is 28.2 Å². The zero-order valence-electron chi connectivity index (χ0n) is 9.56. The molecule has 1 aromatic rings. The average molecular weight is 307 g/mol. The topological polar surface area (TPSA) is 32.3 Å². The van der Waals surface area contributed by atoms with Gasteiger partial charge in [0.15, 0.2) is 0 Å². The maximum atomic E-state index is 13.4. The third-order valence-electron chi connectivity index (χ3n) is 2.16. The molecule has 0 saturated heterocycles. The third-order valence-corrected chi connectivity index (χ3v) is 2.77. The second kappa shape index (κ2) is 5.95. The van der Waals surface area contributed by atoms with E-state index in [1.54, 1.807) is 14.1 Å². The first-order valence-corrected chi connectivity index (χ1v) is 5.79. The summed E-state index contributed by atoms with van der Waals surface area (Å²) in [7, 11) is 3.28. The van der Waals surface area contributed by atoms with Gasteiger partial charge in [0.1, 0.15) is 11.6 Å². The lowest BCUT2D eigenvalue weighted by Gasteiger charge is -2.11. The second-order valence-corrected chi connectivity index (χ2v) is 4.57. The van der Waals surface area contributed by atoms with Gasteiger partial charge in [-0.3, -0.25) is 4.79 Å². The first kappa shape index (κ1) is 13.9. The van der Waals surface area contributed by atoms with E-state index in [2.05, 4.69) is 21.2 Å². The smallest absolute Gasteiger partial charge is 0.223 e. The van der Waals surface area contributed by atoms with Gasteiger partial charge in [-0.25, -0.2) is 8.78 Å². The monoisotopic (exact) mass is 306 g/mol. The van der Waals surface area contributed by atoms with Crippen LogP contribution in [0.3, 0.4) is 0 Å². The summed E-state index contributed by atoms with van der Waals surface area (Å²) in [6.07, 6.45) is 0.226. The van der Waals surface area contributed by atoms with Crippen molar-refractivity contribution in [2.24, 2.45) is 0 Å². The van der Waals surface area contributed by atoms with Crippen LogP contribution in [0.25, 0.3) is 0 Å². The summed E-state index contributed by atoms with van der Waals surface area (Å²) in [6, 6.07) is 2.10. The van der Waals surface area contributed by atoms with Crippen LogP contribution in [0.1, 0.15) is 6.42 Å². The van der Waals surface area contributed by atoms with Gasteiger partial charge in [0.05, 0.1) is 10.2 Å². The molecule has 94 valence electrons. The summed E-state index contributed by atoms with van der Waals surface area (Å²) in [4.78, 5) is 12.7. The first-order valence-electron chi connectivity index (χ1n) is 5.00. The van der Waals surface area contributed by atoms with Crippen molar-refractivity contribution in [3.63, 3.8) is 0 Å². The number of amides is 1. The summed E-state index contributed by atoms with van der Waals surface area (Å²) in [6.45, 7) is 0.259. The maximum absolute atomic E-state index is 13.4. The number of halogens is 3. The molecule has 0 aliphatic rings. The molecule has 1 aromatic carbocycles. The van der Waals surface area contributed by atoms with Crippen molar-refractivity contribution in [1.82, 2.24) is 4.90 Å². The molecule has 0 unspecified atom stereocenters. The normalized spacial score (nSPS) is 10.2. The summed E-state index contributed by atoms with van der Waals surface area (Å²) < 4.78 is 26.6. The lowest BCUT2D eigenvalue weighted by molar-refractivity contribution is -0.128. The fraction of sp³-hybridized carbons (Fsp3) is 0.364. The van der Waals surface area contributed by atoms with Gasteiger partial charge in [-0.2, -0.15) is 0 Å². The molecule has 1 rings (SSSR count). The number of hydrogen-bond acceptors (Lipinski definition) is 2. The van der Waals surface area contributed by atoms with Crippen molar-refractivity contribution in [2.75, 3.05) is 26.0 Å². The van der Waals surface area contributed by atoms with Crippen LogP contribution >= 0.6 is 15.9 Å². The molecule has 3 nitrogen and oxygen atoms in total. The van der Waals surface area contributed by atoms with Crippen LogP contribution in [-0.4, -0.2) is 31.4 Å². The van der Waals surface area contributed by atoms with Gasteiger partial charge in [0.25, 0.3) is 0 Å². The molecule has 6 heteroatoms. The number of anilines is 1. The second-order valence-electron chi connectivity index (χ2n) is 3.71. The van der Waals surface area contributed by atoms with E-state index in [1.165, 1.54) is 4.90 Å². The first-order chi connectivity index (χ1) is 7.91. The van der Waals surface area contributed by atoms with Crippen LogP contribution in [0.5, 0.6) is 0 Å². The van der Waals surface area contributed by atoms with Crippen LogP contribution in [0.2, 0.25) is 0 Å². The number of nitrogens with one attached hydrogen (secondary N) is 1. The van der Waals surface area contributed by atoms with E-state index in [-0.39, 0.29) is 29.0 Å². The number of carbonyl (C=O) groups excluding carboxylic acids is 1. The SMILES string of the molecule is CN(C)C(=O)CCNc1cc(F)c(Br)cc1F. The van der Waals surface area contributed by atoms with Gasteiger partial charge >= 0.3 is 0 Å². The molecule has 0 aliphatic heterocycles. The van der Waals surface area contributed by atoms with Gasteiger partial charge in [-0.15, -0.1) is 0 Å². The van der Waals surface area contributed by atoms with Crippen molar-refractivity contribution in [1.29, 1.82) is 0 Å². The largest absolute Gasteiger partial charge is 0.382 e. The highest BCUT2D eigenvalue weighted by atomic mass is 79.9. The molecule has 0 atom stereocenters. The Hall–Kier alpha value is -1.17. The summed E-state index contributed by atoms with van der Waals surface area (Å²) in [5, 5.41) is 2.68. The van der Waals surface area contributed by atoms with Gasteiger partial charge in [-0.05, 0) is 22.0 Å². The van der Waals surface area contributed by atoms with E-state index in [9.17, 15) is 13.6 Å². The van der Waals surface area contributed by atoms with Gasteiger partial charge in [-0.1, -0.05) is 0 Å². The maximum Gasteiger partial charge on any atom is 0.223 e. The van der Waals surface area contributed by atoms with E-state index in [0.29, 0.717) is 0 Å². The number of benzene rings is 1. The lowest BCUT2D eigenvalue weighted by atomic mass is 10.3. The molecule has 0 saturated carbocycles. The Kier molecular flexibility index (Phi) is 4.86. The molecule has 0 spiro atoms. The Bertz CT molecular complexity index is 424. The Labute approximate surface area is 107 Å². The Morgan fingerprint density at radius 3 is 2.59 bits per heavy atom. The molecule has 1 N–H and O–H groups in total. The summed E-state index contributed by atoms with van der Waals surface area (Å²) in [5.41, 5.74) is 0.0530. The van der Waals surface area contributed by atoms with Gasteiger partial charge in [0, 0.05) is 33.1 Å². The van der Waals surface area contributed by atoms with Crippen LogP contribution in [0, 0.1) is 11.6 Å². The molecule has 17 heavy (non-hydrogen) atoms. The van der Waals surface area contributed by atoms with Crippen LogP contribution in [-0.2, 0) is 4.79 Å². The van der Waals surface area contributed by atoms with Crippen LogP contribution in [0.15, 0.2) is 16.6 Å². The summed E-state index contributed by atoms with van der Waals surface area (Å²) in [5.74, 6) is -1.18. The molecule has 1 amide bonds. The quantitative estimate of drug-likeness (QED) is 0.867. The van der Waals surface area contributed by atoms with Gasteiger partial charge in [0.2, 0.25) is 5.91 Å². The minimum Gasteiger partial charge on any atom is -0.382 e. The Balaban J connectivity index is 2.58. The van der Waals surface area contributed by atoms with Crippen molar-refractivity contribution in [3.8, 4) is 0 Å². The predicted molar refractivity (Wildman–Crippen MR) is 65.9 cm³/mol.